The third-order valence-corrected chi connectivity index (χ3v) is 3.94. The number of nitrogens with zero attached hydrogens (tertiary/aromatic N) is 4. The summed E-state index contributed by atoms with van der Waals surface area (Å²) in [6, 6.07) is 6.82. The largest absolute Gasteiger partial charge is 0.347 e. The maximum Gasteiger partial charge on any atom is 0.261 e. The Kier molecular flexibility index (Phi) is 5.20. The lowest BCUT2D eigenvalue weighted by Crippen LogP contribution is -2.33. The van der Waals surface area contributed by atoms with E-state index in [-0.39, 0.29) is 18.4 Å². The average Bonchev–Trinajstić information content (AvgIpc) is 3.18. The Morgan fingerprint density at radius 2 is 1.60 bits per heavy atom. The number of fused-ring (bicyclic) bond motifs is 1. The molecule has 2 aromatic rings. The second kappa shape index (κ2) is 7.54. The SMILES string of the molecule is CCOC(OCC)c1cnnn1CCN1C(=O)c2ccccc2C1=O. The van der Waals surface area contributed by atoms with Gasteiger partial charge >= 0.3 is 0 Å². The highest BCUT2D eigenvalue weighted by Crippen LogP contribution is 2.23. The summed E-state index contributed by atoms with van der Waals surface area (Å²) in [6.07, 6.45) is 0.991. The zero-order valence-corrected chi connectivity index (χ0v) is 14.2. The molecule has 1 aromatic heterocycles. The maximum atomic E-state index is 12.4. The van der Waals surface area contributed by atoms with Gasteiger partial charge in [-0.15, -0.1) is 5.10 Å². The van der Waals surface area contributed by atoms with Crippen LogP contribution in [0, 0.1) is 0 Å². The minimum atomic E-state index is -0.577. The molecule has 0 fully saturated rings. The van der Waals surface area contributed by atoms with Crippen molar-refractivity contribution in [2.45, 2.75) is 26.7 Å². The van der Waals surface area contributed by atoms with Gasteiger partial charge in [0.25, 0.3) is 11.8 Å². The van der Waals surface area contributed by atoms with Gasteiger partial charge in [-0.3, -0.25) is 14.5 Å². The molecule has 0 saturated carbocycles. The fourth-order valence-corrected chi connectivity index (χ4v) is 2.78. The quantitative estimate of drug-likeness (QED) is 0.534. The molecule has 25 heavy (non-hydrogen) atoms. The standard InChI is InChI=1S/C17H20N4O4/c1-3-24-17(25-4-2)14-11-18-19-21(14)10-9-20-15(22)12-7-5-6-8-13(12)16(20)23/h5-8,11,17H,3-4,9-10H2,1-2H3. The van der Waals surface area contributed by atoms with Gasteiger partial charge in [-0.2, -0.15) is 0 Å². The molecule has 0 atom stereocenters. The van der Waals surface area contributed by atoms with Gasteiger partial charge < -0.3 is 9.47 Å². The topological polar surface area (TPSA) is 86.6 Å². The lowest BCUT2D eigenvalue weighted by Gasteiger charge is -2.19. The molecule has 0 N–H and O–H groups in total. The monoisotopic (exact) mass is 344 g/mol. The summed E-state index contributed by atoms with van der Waals surface area (Å²) in [7, 11) is 0. The highest BCUT2D eigenvalue weighted by molar-refractivity contribution is 6.21. The molecular formula is C17H20N4O4. The van der Waals surface area contributed by atoms with Crippen molar-refractivity contribution >= 4 is 11.8 Å². The lowest BCUT2D eigenvalue weighted by atomic mass is 10.1. The molecule has 8 heteroatoms. The van der Waals surface area contributed by atoms with E-state index in [1.807, 2.05) is 13.8 Å². The van der Waals surface area contributed by atoms with Gasteiger partial charge in [-0.05, 0) is 26.0 Å². The summed E-state index contributed by atoms with van der Waals surface area (Å²) in [5.41, 5.74) is 1.53. The zero-order chi connectivity index (χ0) is 17.8. The molecule has 0 spiro atoms. The van der Waals surface area contributed by atoms with E-state index in [2.05, 4.69) is 10.3 Å². The van der Waals surface area contributed by atoms with E-state index in [4.69, 9.17) is 9.47 Å². The van der Waals surface area contributed by atoms with Gasteiger partial charge in [-0.1, -0.05) is 17.3 Å². The predicted octanol–water partition coefficient (Wildman–Crippen LogP) is 1.65. The van der Waals surface area contributed by atoms with Crippen LogP contribution in [-0.2, 0) is 16.0 Å². The Hall–Kier alpha value is -2.58. The second-order valence-electron chi connectivity index (χ2n) is 5.43. The van der Waals surface area contributed by atoms with Crippen molar-refractivity contribution in [2.75, 3.05) is 19.8 Å². The molecule has 0 radical (unpaired) electrons. The first kappa shape index (κ1) is 17.2. The van der Waals surface area contributed by atoms with Crippen LogP contribution >= 0.6 is 0 Å². The average molecular weight is 344 g/mol. The van der Waals surface area contributed by atoms with E-state index in [0.29, 0.717) is 36.6 Å². The third kappa shape index (κ3) is 3.31. The van der Waals surface area contributed by atoms with Crippen LogP contribution in [0.5, 0.6) is 0 Å². The van der Waals surface area contributed by atoms with Crippen LogP contribution in [0.4, 0.5) is 0 Å². The Morgan fingerprint density at radius 3 is 2.16 bits per heavy atom. The summed E-state index contributed by atoms with van der Waals surface area (Å²) in [5.74, 6) is -0.568. The highest BCUT2D eigenvalue weighted by Gasteiger charge is 2.35. The Morgan fingerprint density at radius 1 is 1.00 bits per heavy atom. The third-order valence-electron chi connectivity index (χ3n) is 3.94. The number of imide groups is 1. The van der Waals surface area contributed by atoms with Crippen LogP contribution in [0.1, 0.15) is 46.5 Å². The number of benzene rings is 1. The van der Waals surface area contributed by atoms with E-state index in [9.17, 15) is 9.59 Å². The van der Waals surface area contributed by atoms with E-state index < -0.39 is 6.29 Å². The fourth-order valence-electron chi connectivity index (χ4n) is 2.78. The normalized spacial score (nSPS) is 13.8. The van der Waals surface area contributed by atoms with Gasteiger partial charge in [0, 0.05) is 19.8 Å². The molecule has 8 nitrogen and oxygen atoms in total. The number of rotatable bonds is 8. The van der Waals surface area contributed by atoms with Crippen LogP contribution in [0.25, 0.3) is 0 Å². The van der Waals surface area contributed by atoms with Gasteiger partial charge in [0.2, 0.25) is 6.29 Å². The zero-order valence-electron chi connectivity index (χ0n) is 14.2. The van der Waals surface area contributed by atoms with Crippen molar-refractivity contribution < 1.29 is 19.1 Å². The number of amides is 2. The Labute approximate surface area is 145 Å². The van der Waals surface area contributed by atoms with Gasteiger partial charge in [0.15, 0.2) is 0 Å². The molecule has 132 valence electrons. The predicted molar refractivity (Wildman–Crippen MR) is 87.8 cm³/mol. The maximum absolute atomic E-state index is 12.4. The Bertz CT molecular complexity index is 733. The molecule has 2 heterocycles. The molecule has 0 saturated heterocycles. The summed E-state index contributed by atoms with van der Waals surface area (Å²) in [4.78, 5) is 26.0. The first-order chi connectivity index (χ1) is 12.2. The molecule has 1 aliphatic heterocycles. The number of aromatic nitrogens is 3. The van der Waals surface area contributed by atoms with Gasteiger partial charge in [-0.25, -0.2) is 4.68 Å². The van der Waals surface area contributed by atoms with E-state index in [1.165, 1.54) is 4.90 Å². The first-order valence-electron chi connectivity index (χ1n) is 8.24. The van der Waals surface area contributed by atoms with E-state index in [1.54, 1.807) is 35.1 Å². The number of hydrogen-bond donors (Lipinski definition) is 0. The second-order valence-corrected chi connectivity index (χ2v) is 5.43. The summed E-state index contributed by atoms with van der Waals surface area (Å²) >= 11 is 0. The summed E-state index contributed by atoms with van der Waals surface area (Å²) in [6.45, 7) is 5.23. The van der Waals surface area contributed by atoms with Crippen molar-refractivity contribution in [1.82, 2.24) is 19.9 Å². The van der Waals surface area contributed by atoms with E-state index >= 15 is 0 Å². The van der Waals surface area contributed by atoms with Crippen LogP contribution < -0.4 is 0 Å². The summed E-state index contributed by atoms with van der Waals surface area (Å²) in [5, 5.41) is 7.91. The van der Waals surface area contributed by atoms with Crippen molar-refractivity contribution in [1.29, 1.82) is 0 Å². The number of hydrogen-bond acceptors (Lipinski definition) is 6. The number of ether oxygens (including phenoxy) is 2. The Balaban J connectivity index is 1.72. The van der Waals surface area contributed by atoms with E-state index in [0.717, 1.165) is 0 Å². The highest BCUT2D eigenvalue weighted by atomic mass is 16.7. The van der Waals surface area contributed by atoms with Crippen molar-refractivity contribution in [2.24, 2.45) is 0 Å². The molecule has 0 unspecified atom stereocenters. The first-order valence-corrected chi connectivity index (χ1v) is 8.24. The molecule has 2 amide bonds. The summed E-state index contributed by atoms with van der Waals surface area (Å²) < 4.78 is 12.7. The molecule has 1 aliphatic rings. The smallest absolute Gasteiger partial charge is 0.261 e. The number of carbonyl (C=O) groups excluding carboxylic acids is 2. The minimum absolute atomic E-state index is 0.202. The van der Waals surface area contributed by atoms with Crippen molar-refractivity contribution in [3.05, 3.63) is 47.3 Å². The molecule has 1 aromatic carbocycles. The van der Waals surface area contributed by atoms with Crippen LogP contribution in [0.3, 0.4) is 0 Å². The van der Waals surface area contributed by atoms with Crippen molar-refractivity contribution in [3.8, 4) is 0 Å². The van der Waals surface area contributed by atoms with Crippen LogP contribution in [-0.4, -0.2) is 51.5 Å². The van der Waals surface area contributed by atoms with Crippen molar-refractivity contribution in [3.63, 3.8) is 0 Å². The van der Waals surface area contributed by atoms with Crippen LogP contribution in [0.2, 0.25) is 0 Å². The minimum Gasteiger partial charge on any atom is -0.347 e. The van der Waals surface area contributed by atoms with Crippen LogP contribution in [0.15, 0.2) is 30.5 Å². The fraction of sp³-hybridized carbons (Fsp3) is 0.412. The molecule has 3 rings (SSSR count). The van der Waals surface area contributed by atoms with Gasteiger partial charge in [0.05, 0.1) is 23.9 Å². The molecule has 0 aliphatic carbocycles. The molecule has 0 bridgehead atoms. The number of carbonyl (C=O) groups is 2. The lowest BCUT2D eigenvalue weighted by molar-refractivity contribution is -0.144. The molecular weight excluding hydrogens is 324 g/mol. The van der Waals surface area contributed by atoms with Gasteiger partial charge in [0.1, 0.15) is 5.69 Å².